The summed E-state index contributed by atoms with van der Waals surface area (Å²) in [6, 6.07) is 0. The smallest absolute Gasteiger partial charge is 0.0577 e. The Balaban J connectivity index is 1.51. The molecule has 1 nitrogen and oxygen atoms in total. The fourth-order valence-electron chi connectivity index (χ4n) is 8.71. The predicted molar refractivity (Wildman–Crippen MR) is 132 cm³/mol. The van der Waals surface area contributed by atoms with Gasteiger partial charge in [0.15, 0.2) is 0 Å². The SMILES string of the molecule is CC(C)CCCC(C)[C@H]1CC[C@H]2[C@@H]3CC=C4C[C@@H](O)CC[C@]4(CI)[C@H]3CC[C@]12C. The third-order valence-corrected chi connectivity index (χ3v) is 11.6. The van der Waals surface area contributed by atoms with Gasteiger partial charge in [-0.3, -0.25) is 0 Å². The Morgan fingerprint density at radius 1 is 1.07 bits per heavy atom. The van der Waals surface area contributed by atoms with Crippen LogP contribution in [0.2, 0.25) is 0 Å². The van der Waals surface area contributed by atoms with Crippen molar-refractivity contribution in [2.24, 2.45) is 46.3 Å². The highest BCUT2D eigenvalue weighted by Gasteiger charge is 2.59. The molecular formula is C27H45IO. The topological polar surface area (TPSA) is 20.2 Å². The quantitative estimate of drug-likeness (QED) is 0.219. The van der Waals surface area contributed by atoms with E-state index in [-0.39, 0.29) is 6.10 Å². The first-order valence-electron chi connectivity index (χ1n) is 12.8. The van der Waals surface area contributed by atoms with Crippen LogP contribution in [0.3, 0.4) is 0 Å². The maximum absolute atomic E-state index is 10.3. The molecule has 1 unspecified atom stereocenters. The molecule has 29 heavy (non-hydrogen) atoms. The standard InChI is InChI=1S/C27H45IO/c1-18(2)6-5-7-19(3)23-10-11-24-22-9-8-20-16-21(29)12-15-27(20,17-28)25(22)13-14-26(23,24)4/h8,18-19,21-25,29H,5-7,9-17H2,1-4H3/t19?,21-,22-,23+,24-,25-,26+,27+/m0/s1. The zero-order chi connectivity index (χ0) is 20.8. The number of hydrogen-bond acceptors (Lipinski definition) is 1. The van der Waals surface area contributed by atoms with Crippen molar-refractivity contribution >= 4 is 22.6 Å². The van der Waals surface area contributed by atoms with Crippen molar-refractivity contribution in [2.75, 3.05) is 4.43 Å². The Hall–Kier alpha value is 0.430. The number of alkyl halides is 1. The largest absolute Gasteiger partial charge is 0.393 e. The minimum Gasteiger partial charge on any atom is -0.393 e. The van der Waals surface area contributed by atoms with Gasteiger partial charge in [0, 0.05) is 9.84 Å². The molecule has 0 heterocycles. The molecule has 0 aliphatic heterocycles. The lowest BCUT2D eigenvalue weighted by Crippen LogP contribution is -2.52. The second-order valence-electron chi connectivity index (χ2n) is 12.1. The molecule has 0 aromatic rings. The Morgan fingerprint density at radius 2 is 1.86 bits per heavy atom. The molecule has 0 aromatic carbocycles. The van der Waals surface area contributed by atoms with Gasteiger partial charge in [-0.15, -0.1) is 0 Å². The number of aliphatic hydroxyl groups excluding tert-OH is 1. The predicted octanol–water partition coefficient (Wildman–Crippen LogP) is 7.80. The van der Waals surface area contributed by atoms with E-state index in [2.05, 4.69) is 56.4 Å². The number of aliphatic hydroxyl groups is 1. The first kappa shape index (κ1) is 22.6. The monoisotopic (exact) mass is 512 g/mol. The molecule has 2 heteroatoms. The molecule has 4 aliphatic carbocycles. The van der Waals surface area contributed by atoms with Crippen molar-refractivity contribution in [1.82, 2.24) is 0 Å². The van der Waals surface area contributed by atoms with Crippen molar-refractivity contribution in [3.63, 3.8) is 0 Å². The van der Waals surface area contributed by atoms with Crippen LogP contribution in [-0.2, 0) is 0 Å². The molecule has 1 N–H and O–H groups in total. The van der Waals surface area contributed by atoms with E-state index in [1.54, 1.807) is 5.57 Å². The molecule has 4 aliphatic rings. The summed E-state index contributed by atoms with van der Waals surface area (Å²) in [5.41, 5.74) is 2.65. The van der Waals surface area contributed by atoms with Crippen LogP contribution < -0.4 is 0 Å². The molecular weight excluding hydrogens is 467 g/mol. The first-order chi connectivity index (χ1) is 13.8. The number of fused-ring (bicyclic) bond motifs is 5. The summed E-state index contributed by atoms with van der Waals surface area (Å²) in [6.07, 6.45) is 17.2. The lowest BCUT2D eigenvalue weighted by molar-refractivity contribution is -0.0548. The van der Waals surface area contributed by atoms with Gasteiger partial charge in [0.05, 0.1) is 6.10 Å². The molecule has 166 valence electrons. The number of hydrogen-bond donors (Lipinski definition) is 1. The van der Waals surface area contributed by atoms with E-state index < -0.39 is 0 Å². The van der Waals surface area contributed by atoms with Crippen molar-refractivity contribution in [3.05, 3.63) is 11.6 Å². The van der Waals surface area contributed by atoms with Gasteiger partial charge in [0.1, 0.15) is 0 Å². The Labute approximate surface area is 194 Å². The van der Waals surface area contributed by atoms with Gasteiger partial charge in [-0.05, 0) is 92.3 Å². The summed E-state index contributed by atoms with van der Waals surface area (Å²) in [7, 11) is 0. The molecule has 0 bridgehead atoms. The van der Waals surface area contributed by atoms with Crippen molar-refractivity contribution in [1.29, 1.82) is 0 Å². The molecule has 0 amide bonds. The zero-order valence-electron chi connectivity index (χ0n) is 19.4. The Bertz CT molecular complexity index is 612. The van der Waals surface area contributed by atoms with E-state index in [0.29, 0.717) is 10.8 Å². The van der Waals surface area contributed by atoms with Gasteiger partial charge in [0.2, 0.25) is 0 Å². The van der Waals surface area contributed by atoms with E-state index in [1.165, 1.54) is 62.2 Å². The third-order valence-electron chi connectivity index (χ3n) is 10.2. The van der Waals surface area contributed by atoms with Gasteiger partial charge < -0.3 is 5.11 Å². The van der Waals surface area contributed by atoms with E-state index in [4.69, 9.17) is 0 Å². The van der Waals surface area contributed by atoms with Gasteiger partial charge in [-0.2, -0.15) is 0 Å². The van der Waals surface area contributed by atoms with Crippen LogP contribution in [0.15, 0.2) is 11.6 Å². The molecule has 3 fully saturated rings. The average Bonchev–Trinajstić information content (AvgIpc) is 3.04. The fraction of sp³-hybridized carbons (Fsp3) is 0.926. The van der Waals surface area contributed by atoms with Gasteiger partial charge >= 0.3 is 0 Å². The summed E-state index contributed by atoms with van der Waals surface area (Å²) in [5.74, 6) is 5.46. The zero-order valence-corrected chi connectivity index (χ0v) is 21.6. The lowest BCUT2D eigenvalue weighted by Gasteiger charge is -2.59. The van der Waals surface area contributed by atoms with Crippen molar-refractivity contribution in [3.8, 4) is 0 Å². The Morgan fingerprint density at radius 3 is 2.59 bits per heavy atom. The highest BCUT2D eigenvalue weighted by atomic mass is 127. The summed E-state index contributed by atoms with van der Waals surface area (Å²) in [4.78, 5) is 0. The lowest BCUT2D eigenvalue weighted by atomic mass is 9.47. The molecule has 8 atom stereocenters. The van der Waals surface area contributed by atoms with Crippen LogP contribution in [0, 0.1) is 46.3 Å². The first-order valence-corrected chi connectivity index (χ1v) is 14.3. The highest BCUT2D eigenvalue weighted by molar-refractivity contribution is 14.1. The normalized spacial score (nSPS) is 45.3. The number of rotatable bonds is 6. The molecule has 4 rings (SSSR count). The summed E-state index contributed by atoms with van der Waals surface area (Å²) >= 11 is 2.68. The highest BCUT2D eigenvalue weighted by Crippen LogP contribution is 2.67. The van der Waals surface area contributed by atoms with Crippen LogP contribution in [0.25, 0.3) is 0 Å². The molecule has 0 radical (unpaired) electrons. The molecule has 3 saturated carbocycles. The maximum atomic E-state index is 10.3. The van der Waals surface area contributed by atoms with Crippen molar-refractivity contribution < 1.29 is 5.11 Å². The second kappa shape index (κ2) is 8.75. The molecule has 0 saturated heterocycles. The Kier molecular flexibility index (Phi) is 6.83. The van der Waals surface area contributed by atoms with Gasteiger partial charge in [-0.1, -0.05) is 81.2 Å². The van der Waals surface area contributed by atoms with E-state index in [9.17, 15) is 5.11 Å². The molecule has 0 aromatic heterocycles. The maximum Gasteiger partial charge on any atom is 0.0577 e. The van der Waals surface area contributed by atoms with E-state index in [0.717, 1.165) is 48.3 Å². The third kappa shape index (κ3) is 3.89. The van der Waals surface area contributed by atoms with Crippen LogP contribution in [0.1, 0.15) is 98.3 Å². The van der Waals surface area contributed by atoms with Crippen molar-refractivity contribution in [2.45, 2.75) is 104 Å². The number of halogens is 1. The van der Waals surface area contributed by atoms with Gasteiger partial charge in [-0.25, -0.2) is 0 Å². The minimum absolute atomic E-state index is 0.0784. The van der Waals surface area contributed by atoms with Crippen LogP contribution in [-0.4, -0.2) is 15.6 Å². The van der Waals surface area contributed by atoms with Crippen LogP contribution in [0.4, 0.5) is 0 Å². The van der Waals surface area contributed by atoms with Gasteiger partial charge in [0.25, 0.3) is 0 Å². The second-order valence-corrected chi connectivity index (χ2v) is 12.8. The number of allylic oxidation sites excluding steroid dienone is 1. The summed E-state index contributed by atoms with van der Waals surface area (Å²) in [6.45, 7) is 10.0. The fourth-order valence-corrected chi connectivity index (χ4v) is 10.1. The molecule has 0 spiro atoms. The summed E-state index contributed by atoms with van der Waals surface area (Å²) < 4.78 is 1.27. The van der Waals surface area contributed by atoms with Crippen LogP contribution >= 0.6 is 22.6 Å². The summed E-state index contributed by atoms with van der Waals surface area (Å²) in [5, 5.41) is 10.3. The van der Waals surface area contributed by atoms with Crippen LogP contribution in [0.5, 0.6) is 0 Å². The van der Waals surface area contributed by atoms with E-state index in [1.807, 2.05) is 0 Å². The minimum atomic E-state index is -0.0784. The van der Waals surface area contributed by atoms with E-state index >= 15 is 0 Å². The average molecular weight is 513 g/mol.